The molecule has 1 aliphatic rings. The summed E-state index contributed by atoms with van der Waals surface area (Å²) in [5.74, 6) is -0.118. The van der Waals surface area contributed by atoms with Crippen LogP contribution in [-0.4, -0.2) is 38.7 Å². The molecular formula is C18H19F3N4O2. The van der Waals surface area contributed by atoms with Crippen molar-refractivity contribution in [2.75, 3.05) is 13.1 Å². The molecule has 0 bridgehead atoms. The average molecular weight is 380 g/mol. The molecule has 3 rings (SSSR count). The molecule has 1 amide bonds. The molecule has 0 aliphatic carbocycles. The first-order valence-corrected chi connectivity index (χ1v) is 8.61. The van der Waals surface area contributed by atoms with Crippen LogP contribution in [0.4, 0.5) is 13.2 Å². The van der Waals surface area contributed by atoms with E-state index in [-0.39, 0.29) is 22.9 Å². The van der Waals surface area contributed by atoms with Crippen LogP contribution in [0.25, 0.3) is 0 Å². The van der Waals surface area contributed by atoms with Gasteiger partial charge in [-0.25, -0.2) is 4.68 Å². The van der Waals surface area contributed by atoms with Crippen LogP contribution < -0.4 is 5.56 Å². The van der Waals surface area contributed by atoms with Crippen LogP contribution in [0.15, 0.2) is 35.3 Å². The highest BCUT2D eigenvalue weighted by molar-refractivity contribution is 5.94. The Kier molecular flexibility index (Phi) is 5.29. The number of amides is 1. The molecule has 1 saturated heterocycles. The van der Waals surface area contributed by atoms with E-state index in [4.69, 9.17) is 0 Å². The van der Waals surface area contributed by atoms with Crippen molar-refractivity contribution in [1.29, 1.82) is 0 Å². The van der Waals surface area contributed by atoms with E-state index in [1.165, 1.54) is 10.7 Å². The zero-order valence-corrected chi connectivity index (χ0v) is 14.7. The number of hydrogen-bond acceptors (Lipinski definition) is 4. The molecule has 0 aromatic carbocycles. The second-order valence-corrected chi connectivity index (χ2v) is 6.66. The molecule has 9 heteroatoms. The molecule has 0 atom stereocenters. The number of aryl methyl sites for hydroxylation is 1. The zero-order valence-electron chi connectivity index (χ0n) is 14.7. The third-order valence-corrected chi connectivity index (χ3v) is 4.63. The van der Waals surface area contributed by atoms with Gasteiger partial charge in [0.1, 0.15) is 5.69 Å². The summed E-state index contributed by atoms with van der Waals surface area (Å²) < 4.78 is 39.1. The maximum atomic E-state index is 12.6. The van der Waals surface area contributed by atoms with Crippen molar-refractivity contribution in [1.82, 2.24) is 19.7 Å². The Morgan fingerprint density at radius 1 is 1.19 bits per heavy atom. The van der Waals surface area contributed by atoms with Crippen molar-refractivity contribution in [3.05, 3.63) is 57.8 Å². The Hall–Kier alpha value is -2.71. The summed E-state index contributed by atoms with van der Waals surface area (Å²) in [6.45, 7) is 3.26. The first-order valence-electron chi connectivity index (χ1n) is 8.61. The number of halogens is 3. The molecular weight excluding hydrogens is 361 g/mol. The second kappa shape index (κ2) is 7.50. The molecule has 0 N–H and O–H groups in total. The van der Waals surface area contributed by atoms with Gasteiger partial charge in [-0.2, -0.15) is 18.3 Å². The van der Waals surface area contributed by atoms with E-state index >= 15 is 0 Å². The number of aromatic nitrogens is 3. The smallest absolute Gasteiger partial charge is 0.339 e. The lowest BCUT2D eigenvalue weighted by atomic mass is 9.96. The highest BCUT2D eigenvalue weighted by Gasteiger charge is 2.32. The van der Waals surface area contributed by atoms with E-state index in [1.807, 2.05) is 6.92 Å². The Morgan fingerprint density at radius 3 is 2.48 bits per heavy atom. The number of likely N-dealkylation sites (tertiary alicyclic amines) is 1. The van der Waals surface area contributed by atoms with E-state index in [0.717, 1.165) is 24.0 Å². The van der Waals surface area contributed by atoms with E-state index in [1.54, 1.807) is 11.0 Å². The minimum atomic E-state index is -4.53. The first kappa shape index (κ1) is 19.1. The minimum absolute atomic E-state index is 0.137. The summed E-state index contributed by atoms with van der Waals surface area (Å²) in [6.07, 6.45) is -2.17. The van der Waals surface area contributed by atoms with Gasteiger partial charge in [-0.05, 0) is 43.9 Å². The second-order valence-electron chi connectivity index (χ2n) is 6.66. The molecule has 1 aliphatic heterocycles. The predicted octanol–water partition coefficient (Wildman–Crippen LogP) is 2.52. The normalized spacial score (nSPS) is 15.8. The van der Waals surface area contributed by atoms with Crippen LogP contribution in [0.1, 0.15) is 34.6 Å². The summed E-state index contributed by atoms with van der Waals surface area (Å²) in [5.41, 5.74) is -0.279. The Balaban J connectivity index is 1.59. The van der Waals surface area contributed by atoms with E-state index in [9.17, 15) is 22.8 Å². The molecule has 0 spiro atoms. The number of piperidine rings is 1. The third kappa shape index (κ3) is 4.53. The molecule has 3 heterocycles. The molecule has 144 valence electrons. The maximum absolute atomic E-state index is 12.6. The fourth-order valence-electron chi connectivity index (χ4n) is 3.12. The van der Waals surface area contributed by atoms with Gasteiger partial charge in [0.05, 0.1) is 11.3 Å². The maximum Gasteiger partial charge on any atom is 0.433 e. The van der Waals surface area contributed by atoms with Crippen LogP contribution in [0.2, 0.25) is 0 Å². The summed E-state index contributed by atoms with van der Waals surface area (Å²) in [4.78, 5) is 29.3. The van der Waals surface area contributed by atoms with Gasteiger partial charge in [0.2, 0.25) is 0 Å². The Labute approximate surface area is 153 Å². The van der Waals surface area contributed by atoms with Crippen LogP contribution in [0, 0.1) is 12.8 Å². The van der Waals surface area contributed by atoms with Crippen molar-refractivity contribution in [2.24, 2.45) is 5.92 Å². The van der Waals surface area contributed by atoms with Crippen molar-refractivity contribution in [3.63, 3.8) is 0 Å². The average Bonchev–Trinajstić information content (AvgIpc) is 2.64. The molecule has 0 saturated carbocycles. The Bertz CT molecular complexity index is 869. The van der Waals surface area contributed by atoms with Crippen LogP contribution in [0.5, 0.6) is 0 Å². The molecule has 2 aromatic heterocycles. The number of nitrogens with zero attached hydrogens (tertiary/aromatic N) is 4. The van der Waals surface area contributed by atoms with Crippen LogP contribution in [-0.2, 0) is 12.7 Å². The lowest BCUT2D eigenvalue weighted by Crippen LogP contribution is -2.40. The van der Waals surface area contributed by atoms with Gasteiger partial charge in [-0.3, -0.25) is 14.6 Å². The standard InChI is InChI=1S/C18H19F3N4O2/c1-12-2-5-16(26)25(23-12)11-13-6-8-24(9-7-13)17(27)14-3-4-15(22-10-14)18(19,20)21/h2-5,10,13H,6-9,11H2,1H3. The minimum Gasteiger partial charge on any atom is -0.339 e. The van der Waals surface area contributed by atoms with Crippen molar-refractivity contribution in [2.45, 2.75) is 32.5 Å². The third-order valence-electron chi connectivity index (χ3n) is 4.63. The molecule has 1 fully saturated rings. The molecule has 27 heavy (non-hydrogen) atoms. The van der Waals surface area contributed by atoms with Crippen molar-refractivity contribution < 1.29 is 18.0 Å². The lowest BCUT2D eigenvalue weighted by molar-refractivity contribution is -0.141. The van der Waals surface area contributed by atoms with Gasteiger partial charge in [-0.1, -0.05) is 0 Å². The number of rotatable bonds is 3. The lowest BCUT2D eigenvalue weighted by Gasteiger charge is -2.32. The van der Waals surface area contributed by atoms with Crippen LogP contribution in [0.3, 0.4) is 0 Å². The quantitative estimate of drug-likeness (QED) is 0.821. The molecule has 0 unspecified atom stereocenters. The zero-order chi connectivity index (χ0) is 19.6. The summed E-state index contributed by atoms with van der Waals surface area (Å²) >= 11 is 0. The van der Waals surface area contributed by atoms with Gasteiger partial charge in [0.15, 0.2) is 0 Å². The summed E-state index contributed by atoms with van der Waals surface area (Å²) in [5, 5.41) is 4.22. The monoisotopic (exact) mass is 380 g/mol. The number of carbonyl (C=O) groups is 1. The largest absolute Gasteiger partial charge is 0.433 e. The number of alkyl halides is 3. The number of carbonyl (C=O) groups excluding carboxylic acids is 1. The van der Waals surface area contributed by atoms with Crippen LogP contribution >= 0.6 is 0 Å². The number of pyridine rings is 1. The van der Waals surface area contributed by atoms with Crippen molar-refractivity contribution >= 4 is 5.91 Å². The first-order chi connectivity index (χ1) is 12.7. The van der Waals surface area contributed by atoms with Gasteiger partial charge < -0.3 is 4.90 Å². The molecule has 0 radical (unpaired) electrons. The van der Waals surface area contributed by atoms with Gasteiger partial charge in [0, 0.05) is 31.9 Å². The van der Waals surface area contributed by atoms with Crippen molar-refractivity contribution in [3.8, 4) is 0 Å². The molecule has 2 aromatic rings. The highest BCUT2D eigenvalue weighted by atomic mass is 19.4. The topological polar surface area (TPSA) is 68.1 Å². The van der Waals surface area contributed by atoms with E-state index in [0.29, 0.717) is 32.5 Å². The SMILES string of the molecule is Cc1ccc(=O)n(CC2CCN(C(=O)c3ccc(C(F)(F)F)nc3)CC2)n1. The van der Waals surface area contributed by atoms with Gasteiger partial charge >= 0.3 is 6.18 Å². The summed E-state index contributed by atoms with van der Waals surface area (Å²) in [7, 11) is 0. The van der Waals surface area contributed by atoms with E-state index < -0.39 is 11.9 Å². The highest BCUT2D eigenvalue weighted by Crippen LogP contribution is 2.27. The fraction of sp³-hybridized carbons (Fsp3) is 0.444. The van der Waals surface area contributed by atoms with E-state index in [2.05, 4.69) is 10.1 Å². The predicted molar refractivity (Wildman–Crippen MR) is 91.1 cm³/mol. The fourth-order valence-corrected chi connectivity index (χ4v) is 3.12. The summed E-state index contributed by atoms with van der Waals surface area (Å²) in [6, 6.07) is 5.12. The Morgan fingerprint density at radius 2 is 1.89 bits per heavy atom. The molecule has 6 nitrogen and oxygen atoms in total. The number of hydrogen-bond donors (Lipinski definition) is 0. The van der Waals surface area contributed by atoms with Gasteiger partial charge in [0.25, 0.3) is 11.5 Å². The van der Waals surface area contributed by atoms with Gasteiger partial charge in [-0.15, -0.1) is 0 Å².